The van der Waals surface area contributed by atoms with Crippen LogP contribution in [0.25, 0.3) is 0 Å². The predicted molar refractivity (Wildman–Crippen MR) is 127 cm³/mol. The fraction of sp³-hybridized carbons (Fsp3) is 0.481. The van der Waals surface area contributed by atoms with Crippen LogP contribution in [0, 0.1) is 6.92 Å². The zero-order valence-corrected chi connectivity index (χ0v) is 19.7. The first-order valence-electron chi connectivity index (χ1n) is 11.5. The maximum atomic E-state index is 13.3. The number of aliphatic hydroxyl groups is 1. The van der Waals surface area contributed by atoms with Gasteiger partial charge in [0.05, 0.1) is 17.6 Å². The van der Waals surface area contributed by atoms with E-state index in [4.69, 9.17) is 0 Å². The van der Waals surface area contributed by atoms with E-state index in [9.17, 15) is 14.7 Å². The zero-order valence-electron chi connectivity index (χ0n) is 19.7. The van der Waals surface area contributed by atoms with E-state index in [1.807, 2.05) is 63.2 Å². The highest BCUT2D eigenvalue weighted by molar-refractivity contribution is 5.87. The predicted octanol–water partition coefficient (Wildman–Crippen LogP) is 3.77. The van der Waals surface area contributed by atoms with E-state index in [2.05, 4.69) is 22.8 Å². The van der Waals surface area contributed by atoms with E-state index >= 15 is 0 Å². The summed E-state index contributed by atoms with van der Waals surface area (Å²) in [7, 11) is 0. The summed E-state index contributed by atoms with van der Waals surface area (Å²) in [6, 6.07) is 18.0. The summed E-state index contributed by atoms with van der Waals surface area (Å²) in [6.45, 7) is 7.91. The topological polar surface area (TPSA) is 78.4 Å². The summed E-state index contributed by atoms with van der Waals surface area (Å²) in [6.07, 6.45) is 2.14. The molecule has 1 fully saturated rings. The number of aliphatic hydroxyl groups excluding tert-OH is 1. The van der Waals surface area contributed by atoms with Gasteiger partial charge in [-0.05, 0) is 57.6 Å². The van der Waals surface area contributed by atoms with Gasteiger partial charge in [0.25, 0.3) is 0 Å². The van der Waals surface area contributed by atoms with Crippen molar-refractivity contribution in [2.75, 3.05) is 6.54 Å². The minimum absolute atomic E-state index is 0.0140. The first-order valence-corrected chi connectivity index (χ1v) is 11.5. The Labute approximate surface area is 191 Å². The summed E-state index contributed by atoms with van der Waals surface area (Å²) < 4.78 is 0. The van der Waals surface area contributed by atoms with Crippen molar-refractivity contribution in [1.82, 2.24) is 10.6 Å². The molecule has 1 saturated carbocycles. The van der Waals surface area contributed by atoms with Gasteiger partial charge in [-0.25, -0.2) is 0 Å². The van der Waals surface area contributed by atoms with Crippen LogP contribution in [-0.2, 0) is 20.4 Å². The number of carbonyl (C=O) groups is 2. The molecule has 2 amide bonds. The van der Waals surface area contributed by atoms with E-state index < -0.39 is 11.5 Å². The Kier molecular flexibility index (Phi) is 7.40. The highest BCUT2D eigenvalue weighted by Gasteiger charge is 2.39. The van der Waals surface area contributed by atoms with Gasteiger partial charge in [0.1, 0.15) is 0 Å². The molecule has 2 aromatic carbocycles. The lowest BCUT2D eigenvalue weighted by atomic mass is 9.73. The molecule has 0 unspecified atom stereocenters. The molecular weight excluding hydrogens is 400 g/mol. The number of rotatable bonds is 6. The quantitative estimate of drug-likeness (QED) is 0.603. The first-order chi connectivity index (χ1) is 15.1. The average Bonchev–Trinajstić information content (AvgIpc) is 2.93. The lowest BCUT2D eigenvalue weighted by Gasteiger charge is -2.35. The SMILES string of the molecule is CC(=O)N[C@H]1CC[C@](CNC(=O)C(C)(C)c2ccc(C)cc2)(c2ccccc2)CC[C@@H]1O. The smallest absolute Gasteiger partial charge is 0.230 e. The number of carbonyl (C=O) groups excluding carboxylic acids is 2. The van der Waals surface area contributed by atoms with Crippen molar-refractivity contribution >= 4 is 11.8 Å². The number of amides is 2. The van der Waals surface area contributed by atoms with E-state index in [0.717, 1.165) is 24.0 Å². The molecule has 0 spiro atoms. The Balaban J connectivity index is 1.82. The molecule has 0 saturated heterocycles. The van der Waals surface area contributed by atoms with E-state index in [1.165, 1.54) is 12.5 Å². The summed E-state index contributed by atoms with van der Waals surface area (Å²) in [5, 5.41) is 16.8. The third-order valence-electron chi connectivity index (χ3n) is 7.02. The number of benzene rings is 2. The fourth-order valence-electron chi connectivity index (χ4n) is 4.73. The molecule has 5 heteroatoms. The Morgan fingerprint density at radius 2 is 1.66 bits per heavy atom. The molecule has 0 bridgehead atoms. The van der Waals surface area contributed by atoms with Gasteiger partial charge < -0.3 is 15.7 Å². The molecule has 2 aromatic rings. The van der Waals surface area contributed by atoms with Gasteiger partial charge in [0.15, 0.2) is 0 Å². The van der Waals surface area contributed by atoms with Crippen molar-refractivity contribution in [2.24, 2.45) is 0 Å². The molecule has 0 aromatic heterocycles. The van der Waals surface area contributed by atoms with Gasteiger partial charge >= 0.3 is 0 Å². The van der Waals surface area contributed by atoms with Crippen molar-refractivity contribution in [2.45, 2.75) is 76.4 Å². The van der Waals surface area contributed by atoms with Crippen LogP contribution in [0.3, 0.4) is 0 Å². The van der Waals surface area contributed by atoms with Crippen LogP contribution in [0.1, 0.15) is 63.1 Å². The van der Waals surface area contributed by atoms with Crippen molar-refractivity contribution in [3.63, 3.8) is 0 Å². The third kappa shape index (κ3) is 5.39. The molecule has 32 heavy (non-hydrogen) atoms. The average molecular weight is 437 g/mol. The van der Waals surface area contributed by atoms with Gasteiger partial charge in [0.2, 0.25) is 11.8 Å². The van der Waals surface area contributed by atoms with Crippen LogP contribution < -0.4 is 10.6 Å². The molecular formula is C27H36N2O3. The van der Waals surface area contributed by atoms with Crippen LogP contribution in [-0.4, -0.2) is 35.6 Å². The van der Waals surface area contributed by atoms with Crippen molar-refractivity contribution in [3.05, 3.63) is 71.3 Å². The molecule has 3 rings (SSSR count). The largest absolute Gasteiger partial charge is 0.391 e. The Bertz CT molecular complexity index is 924. The molecule has 5 nitrogen and oxygen atoms in total. The van der Waals surface area contributed by atoms with E-state index in [0.29, 0.717) is 19.4 Å². The van der Waals surface area contributed by atoms with Gasteiger partial charge in [0, 0.05) is 18.9 Å². The summed E-state index contributed by atoms with van der Waals surface area (Å²) in [4.78, 5) is 24.9. The maximum absolute atomic E-state index is 13.3. The molecule has 0 heterocycles. The minimum Gasteiger partial charge on any atom is -0.391 e. The van der Waals surface area contributed by atoms with Crippen LogP contribution >= 0.6 is 0 Å². The zero-order chi connectivity index (χ0) is 23.4. The Hall–Kier alpha value is -2.66. The second-order valence-corrected chi connectivity index (χ2v) is 9.77. The maximum Gasteiger partial charge on any atom is 0.230 e. The molecule has 1 aliphatic rings. The molecule has 3 atom stereocenters. The van der Waals surface area contributed by atoms with Crippen LogP contribution in [0.5, 0.6) is 0 Å². The molecule has 3 N–H and O–H groups in total. The van der Waals surface area contributed by atoms with Gasteiger partial charge in [-0.1, -0.05) is 60.2 Å². The van der Waals surface area contributed by atoms with Crippen molar-refractivity contribution in [1.29, 1.82) is 0 Å². The second kappa shape index (κ2) is 9.86. The Morgan fingerprint density at radius 3 is 2.28 bits per heavy atom. The van der Waals surface area contributed by atoms with Crippen LogP contribution in [0.4, 0.5) is 0 Å². The Morgan fingerprint density at radius 1 is 1.03 bits per heavy atom. The van der Waals surface area contributed by atoms with Gasteiger partial charge in [-0.3, -0.25) is 9.59 Å². The monoisotopic (exact) mass is 436 g/mol. The van der Waals surface area contributed by atoms with Crippen molar-refractivity contribution in [3.8, 4) is 0 Å². The van der Waals surface area contributed by atoms with Crippen LogP contribution in [0.15, 0.2) is 54.6 Å². The van der Waals surface area contributed by atoms with Crippen molar-refractivity contribution < 1.29 is 14.7 Å². The summed E-state index contributed by atoms with van der Waals surface area (Å²) >= 11 is 0. The van der Waals surface area contributed by atoms with Gasteiger partial charge in [-0.15, -0.1) is 0 Å². The van der Waals surface area contributed by atoms with Gasteiger partial charge in [-0.2, -0.15) is 0 Å². The molecule has 172 valence electrons. The molecule has 0 radical (unpaired) electrons. The first kappa shape index (κ1) is 24.0. The third-order valence-corrected chi connectivity index (χ3v) is 7.02. The van der Waals surface area contributed by atoms with E-state index in [1.54, 1.807) is 0 Å². The van der Waals surface area contributed by atoms with E-state index in [-0.39, 0.29) is 23.3 Å². The molecule has 0 aliphatic heterocycles. The molecule has 1 aliphatic carbocycles. The standard InChI is InChI=1S/C27H36N2O3/c1-19-10-12-21(13-11-19)26(3,4)25(32)28-18-27(22-8-6-5-7-9-22)16-14-23(29-20(2)30)24(31)15-17-27/h5-13,23-24,31H,14-18H2,1-4H3,(H,28,32)(H,29,30)/t23-,24-,27-/m0/s1. The normalized spacial score (nSPS) is 23.8. The number of aryl methyl sites for hydroxylation is 1. The minimum atomic E-state index is -0.658. The number of hydrogen-bond donors (Lipinski definition) is 3. The lowest BCUT2D eigenvalue weighted by Crippen LogP contribution is -2.47. The highest BCUT2D eigenvalue weighted by atomic mass is 16.3. The number of hydrogen-bond acceptors (Lipinski definition) is 3. The van der Waals surface area contributed by atoms with Crippen LogP contribution in [0.2, 0.25) is 0 Å². The summed E-state index contributed by atoms with van der Waals surface area (Å²) in [5.74, 6) is -0.144. The lowest BCUT2D eigenvalue weighted by molar-refractivity contribution is -0.126. The summed E-state index contributed by atoms with van der Waals surface area (Å²) in [5.41, 5.74) is 2.35. The second-order valence-electron chi connectivity index (χ2n) is 9.77. The fourth-order valence-corrected chi connectivity index (χ4v) is 4.73. The highest BCUT2D eigenvalue weighted by Crippen LogP contribution is 2.38. The number of nitrogens with one attached hydrogen (secondary N) is 2.